The molecule has 6 heteroatoms. The van der Waals surface area contributed by atoms with E-state index in [2.05, 4.69) is 10.6 Å². The Morgan fingerprint density at radius 2 is 1.77 bits per heavy atom. The van der Waals surface area contributed by atoms with Crippen molar-refractivity contribution in [3.05, 3.63) is 35.9 Å². The van der Waals surface area contributed by atoms with E-state index in [-0.39, 0.29) is 30.8 Å². The van der Waals surface area contributed by atoms with Crippen molar-refractivity contribution in [3.8, 4) is 0 Å². The van der Waals surface area contributed by atoms with Gasteiger partial charge in [0.25, 0.3) is 0 Å². The average molecular weight is 328 g/mol. The van der Waals surface area contributed by atoms with Crippen LogP contribution in [0.4, 0.5) is 0 Å². The van der Waals surface area contributed by atoms with Crippen LogP contribution < -0.4 is 16.4 Å². The van der Waals surface area contributed by atoms with Crippen LogP contribution >= 0.6 is 12.4 Å². The van der Waals surface area contributed by atoms with Crippen molar-refractivity contribution in [1.82, 2.24) is 10.6 Å². The predicted octanol–water partition coefficient (Wildman–Crippen LogP) is 1.26. The van der Waals surface area contributed by atoms with E-state index in [1.54, 1.807) is 0 Å². The normalized spacial score (nSPS) is 11.5. The number of carbonyl (C=O) groups excluding carboxylic acids is 2. The number of rotatable bonds is 8. The molecule has 0 spiro atoms. The van der Waals surface area contributed by atoms with E-state index in [0.717, 1.165) is 6.42 Å². The fourth-order valence-corrected chi connectivity index (χ4v) is 1.97. The fourth-order valence-electron chi connectivity index (χ4n) is 1.97. The molecular formula is C16H26ClN3O2. The number of nitrogens with one attached hydrogen (secondary N) is 2. The summed E-state index contributed by atoms with van der Waals surface area (Å²) in [5, 5.41) is 5.33. The average Bonchev–Trinajstić information content (AvgIpc) is 2.45. The molecule has 0 radical (unpaired) electrons. The summed E-state index contributed by atoms with van der Waals surface area (Å²) >= 11 is 0. The summed E-state index contributed by atoms with van der Waals surface area (Å²) in [5.74, 6) is -0.122. The van der Waals surface area contributed by atoms with Crippen molar-refractivity contribution < 1.29 is 9.59 Å². The Kier molecular flexibility index (Phi) is 10.2. The van der Waals surface area contributed by atoms with Crippen LogP contribution in [0.25, 0.3) is 0 Å². The molecule has 1 aromatic rings. The van der Waals surface area contributed by atoms with Gasteiger partial charge in [0.1, 0.15) is 0 Å². The lowest BCUT2D eigenvalue weighted by molar-refractivity contribution is -0.127. The summed E-state index contributed by atoms with van der Waals surface area (Å²) in [6, 6.07) is 9.36. The van der Waals surface area contributed by atoms with Gasteiger partial charge in [-0.25, -0.2) is 0 Å². The first-order chi connectivity index (χ1) is 9.99. The number of hydrogen-bond acceptors (Lipinski definition) is 3. The van der Waals surface area contributed by atoms with Crippen LogP contribution in [0.1, 0.15) is 25.8 Å². The van der Waals surface area contributed by atoms with Gasteiger partial charge < -0.3 is 16.4 Å². The summed E-state index contributed by atoms with van der Waals surface area (Å²) in [5.41, 5.74) is 6.90. The van der Waals surface area contributed by atoms with E-state index in [0.29, 0.717) is 18.9 Å². The number of hydrogen-bond donors (Lipinski definition) is 3. The molecule has 0 heterocycles. The third-order valence-corrected chi connectivity index (χ3v) is 3.06. The van der Waals surface area contributed by atoms with Crippen LogP contribution in [0.15, 0.2) is 30.3 Å². The molecule has 2 amide bonds. The Labute approximate surface area is 138 Å². The maximum atomic E-state index is 11.7. The van der Waals surface area contributed by atoms with Gasteiger partial charge in [0, 0.05) is 6.54 Å². The number of amides is 2. The quantitative estimate of drug-likeness (QED) is 0.672. The molecule has 0 unspecified atom stereocenters. The van der Waals surface area contributed by atoms with Crippen molar-refractivity contribution in [2.75, 3.05) is 13.1 Å². The van der Waals surface area contributed by atoms with Crippen LogP contribution in [-0.4, -0.2) is 30.9 Å². The molecular weight excluding hydrogens is 302 g/mol. The van der Waals surface area contributed by atoms with E-state index >= 15 is 0 Å². The molecule has 0 aliphatic carbocycles. The molecule has 5 nitrogen and oxygen atoms in total. The monoisotopic (exact) mass is 327 g/mol. The van der Waals surface area contributed by atoms with E-state index in [1.807, 2.05) is 44.2 Å². The number of halogens is 1. The lowest BCUT2D eigenvalue weighted by Crippen LogP contribution is -2.45. The fraction of sp³-hybridized carbons (Fsp3) is 0.500. The van der Waals surface area contributed by atoms with E-state index < -0.39 is 6.04 Å². The zero-order chi connectivity index (χ0) is 15.7. The highest BCUT2D eigenvalue weighted by molar-refractivity contribution is 5.87. The molecule has 0 saturated carbocycles. The Hall–Kier alpha value is -1.59. The first kappa shape index (κ1) is 20.4. The number of nitrogens with two attached hydrogens (primary N) is 1. The molecule has 1 atom stereocenters. The summed E-state index contributed by atoms with van der Waals surface area (Å²) in [7, 11) is 0. The van der Waals surface area contributed by atoms with Gasteiger partial charge in [0.2, 0.25) is 11.8 Å². The third-order valence-electron chi connectivity index (χ3n) is 3.06. The molecule has 1 aromatic carbocycles. The molecule has 0 saturated heterocycles. The van der Waals surface area contributed by atoms with Crippen LogP contribution in [0.2, 0.25) is 0 Å². The minimum atomic E-state index is -0.554. The van der Waals surface area contributed by atoms with Gasteiger partial charge in [-0.1, -0.05) is 44.2 Å². The number of benzene rings is 1. The van der Waals surface area contributed by atoms with Crippen LogP contribution in [0.3, 0.4) is 0 Å². The van der Waals surface area contributed by atoms with Gasteiger partial charge in [0.15, 0.2) is 0 Å². The standard InChI is InChI=1S/C16H25N3O2.ClH/c1-12(2)10-14(17)16(21)19-11-15(20)18-9-8-13-6-4-3-5-7-13;/h3-7,12,14H,8-11,17H2,1-2H3,(H,18,20)(H,19,21);1H/t14-;/m0./s1. The Morgan fingerprint density at radius 1 is 1.14 bits per heavy atom. The van der Waals surface area contributed by atoms with Crippen LogP contribution in [0.5, 0.6) is 0 Å². The summed E-state index contributed by atoms with van der Waals surface area (Å²) in [4.78, 5) is 23.3. The molecule has 0 aliphatic rings. The summed E-state index contributed by atoms with van der Waals surface area (Å²) < 4.78 is 0. The smallest absolute Gasteiger partial charge is 0.239 e. The SMILES string of the molecule is CC(C)C[C@H](N)C(=O)NCC(=O)NCCc1ccccc1.Cl. The van der Waals surface area contributed by atoms with Gasteiger partial charge in [-0.05, 0) is 24.3 Å². The molecule has 4 N–H and O–H groups in total. The second-order valence-electron chi connectivity index (χ2n) is 5.54. The van der Waals surface area contributed by atoms with Gasteiger partial charge >= 0.3 is 0 Å². The van der Waals surface area contributed by atoms with Crippen LogP contribution in [-0.2, 0) is 16.0 Å². The molecule has 0 aliphatic heterocycles. The highest BCUT2D eigenvalue weighted by atomic mass is 35.5. The molecule has 1 rings (SSSR count). The Bertz CT molecular complexity index is 452. The zero-order valence-corrected chi connectivity index (χ0v) is 14.0. The highest BCUT2D eigenvalue weighted by Gasteiger charge is 2.15. The molecule has 124 valence electrons. The van der Waals surface area contributed by atoms with E-state index in [1.165, 1.54) is 5.56 Å². The van der Waals surface area contributed by atoms with Gasteiger partial charge in [-0.15, -0.1) is 12.4 Å². The second-order valence-corrected chi connectivity index (χ2v) is 5.54. The van der Waals surface area contributed by atoms with Crippen molar-refractivity contribution in [3.63, 3.8) is 0 Å². The second kappa shape index (κ2) is 11.0. The van der Waals surface area contributed by atoms with Crippen LogP contribution in [0, 0.1) is 5.92 Å². The lowest BCUT2D eigenvalue weighted by Gasteiger charge is -2.14. The maximum Gasteiger partial charge on any atom is 0.239 e. The first-order valence-electron chi connectivity index (χ1n) is 7.33. The van der Waals surface area contributed by atoms with Crippen molar-refractivity contribution in [1.29, 1.82) is 0 Å². The molecule has 0 bridgehead atoms. The largest absolute Gasteiger partial charge is 0.354 e. The molecule has 0 aromatic heterocycles. The molecule has 22 heavy (non-hydrogen) atoms. The van der Waals surface area contributed by atoms with E-state index in [9.17, 15) is 9.59 Å². The van der Waals surface area contributed by atoms with Crippen molar-refractivity contribution >= 4 is 24.2 Å². The Morgan fingerprint density at radius 3 is 2.36 bits per heavy atom. The summed E-state index contributed by atoms with van der Waals surface area (Å²) in [6.07, 6.45) is 1.38. The Balaban J connectivity index is 0.00000441. The number of carbonyl (C=O) groups is 2. The van der Waals surface area contributed by atoms with Crippen molar-refractivity contribution in [2.24, 2.45) is 11.7 Å². The third kappa shape index (κ3) is 8.64. The maximum absolute atomic E-state index is 11.7. The van der Waals surface area contributed by atoms with Gasteiger partial charge in [-0.2, -0.15) is 0 Å². The summed E-state index contributed by atoms with van der Waals surface area (Å²) in [6.45, 7) is 4.53. The van der Waals surface area contributed by atoms with Gasteiger partial charge in [0.05, 0.1) is 12.6 Å². The predicted molar refractivity (Wildman–Crippen MR) is 90.8 cm³/mol. The first-order valence-corrected chi connectivity index (χ1v) is 7.33. The highest BCUT2D eigenvalue weighted by Crippen LogP contribution is 2.02. The van der Waals surface area contributed by atoms with Crippen molar-refractivity contribution in [2.45, 2.75) is 32.7 Å². The van der Waals surface area contributed by atoms with Gasteiger partial charge in [-0.3, -0.25) is 9.59 Å². The van der Waals surface area contributed by atoms with E-state index in [4.69, 9.17) is 5.73 Å². The minimum absolute atomic E-state index is 0. The zero-order valence-electron chi connectivity index (χ0n) is 13.2. The molecule has 0 fully saturated rings. The topological polar surface area (TPSA) is 84.2 Å². The minimum Gasteiger partial charge on any atom is -0.354 e. The lowest BCUT2D eigenvalue weighted by atomic mass is 10.0.